The summed E-state index contributed by atoms with van der Waals surface area (Å²) in [5, 5.41) is 0. The lowest BCUT2D eigenvalue weighted by molar-refractivity contribution is -0.145. The van der Waals surface area contributed by atoms with Gasteiger partial charge < -0.3 is 4.74 Å². The molecule has 0 aliphatic heterocycles. The van der Waals surface area contributed by atoms with Crippen LogP contribution in [0.4, 0.5) is 8.78 Å². The Hall–Kier alpha value is -1.38. The van der Waals surface area contributed by atoms with E-state index in [-0.39, 0.29) is 11.3 Å². The minimum atomic E-state index is -3.19. The minimum Gasteiger partial charge on any atom is -0.429 e. The van der Waals surface area contributed by atoms with Gasteiger partial charge in [0.05, 0.1) is 0 Å². The van der Waals surface area contributed by atoms with Crippen LogP contribution in [0.1, 0.15) is 77.6 Å². The number of rotatable bonds is 8. The van der Waals surface area contributed by atoms with E-state index in [1.54, 1.807) is 36.4 Å². The molecule has 2 aliphatic rings. The second kappa shape index (κ2) is 9.71. The predicted octanol–water partition coefficient (Wildman–Crippen LogP) is 7.77. The third-order valence-electron chi connectivity index (χ3n) is 6.59. The molecule has 1 aromatic carbocycles. The van der Waals surface area contributed by atoms with Crippen molar-refractivity contribution in [1.82, 2.24) is 0 Å². The van der Waals surface area contributed by atoms with E-state index in [1.807, 2.05) is 0 Å². The number of hydrogen-bond acceptors (Lipinski definition) is 1. The average molecular weight is 377 g/mol. The number of allylic oxidation sites excluding steroid dienone is 1. The first kappa shape index (κ1) is 20.4. The molecule has 1 saturated carbocycles. The third-order valence-corrected chi connectivity index (χ3v) is 6.59. The molecule has 1 aromatic rings. The van der Waals surface area contributed by atoms with Crippen molar-refractivity contribution in [3.63, 3.8) is 0 Å². The van der Waals surface area contributed by atoms with Gasteiger partial charge in [0.2, 0.25) is 0 Å². The second-order valence-electron chi connectivity index (χ2n) is 8.47. The fraction of sp³-hybridized carbons (Fsp3) is 0.667. The zero-order valence-corrected chi connectivity index (χ0v) is 16.6. The number of halogens is 2. The van der Waals surface area contributed by atoms with E-state index in [0.29, 0.717) is 12.3 Å². The lowest BCUT2D eigenvalue weighted by atomic mass is 9.70. The highest BCUT2D eigenvalue weighted by molar-refractivity contribution is 5.24. The van der Waals surface area contributed by atoms with Crippen LogP contribution >= 0.6 is 0 Å². The van der Waals surface area contributed by atoms with Gasteiger partial charge in [-0.15, -0.1) is 0 Å². The lowest BCUT2D eigenvalue weighted by Gasteiger charge is -2.36. The van der Waals surface area contributed by atoms with Gasteiger partial charge in [-0.3, -0.25) is 0 Å². The molecule has 0 spiro atoms. The maximum atomic E-state index is 14.5. The van der Waals surface area contributed by atoms with Gasteiger partial charge in [-0.05, 0) is 62.0 Å². The Morgan fingerprint density at radius 3 is 2.33 bits per heavy atom. The summed E-state index contributed by atoms with van der Waals surface area (Å²) in [7, 11) is 0. The Bertz CT molecular complexity index is 588. The fourth-order valence-corrected chi connectivity index (χ4v) is 4.88. The molecule has 0 radical (unpaired) electrons. The van der Waals surface area contributed by atoms with Crippen LogP contribution < -0.4 is 4.74 Å². The lowest BCUT2D eigenvalue weighted by Crippen LogP contribution is -2.31. The van der Waals surface area contributed by atoms with Gasteiger partial charge in [0.1, 0.15) is 5.75 Å². The zero-order chi connectivity index (χ0) is 19.1. The van der Waals surface area contributed by atoms with Crippen molar-refractivity contribution < 1.29 is 13.5 Å². The smallest absolute Gasteiger partial charge is 0.422 e. The van der Waals surface area contributed by atoms with Gasteiger partial charge in [0.15, 0.2) is 0 Å². The first-order valence-corrected chi connectivity index (χ1v) is 10.9. The summed E-state index contributed by atoms with van der Waals surface area (Å²) in [4.78, 5) is 0. The monoisotopic (exact) mass is 376 g/mol. The van der Waals surface area contributed by atoms with Gasteiger partial charge >= 0.3 is 6.11 Å². The SMILES string of the molecule is CCCCCC1CCC(C2CC=C(C(F)(F)Oc3ccccc3)CC2)CC1. The molecule has 0 saturated heterocycles. The van der Waals surface area contributed by atoms with E-state index in [4.69, 9.17) is 4.74 Å². The Morgan fingerprint density at radius 1 is 0.963 bits per heavy atom. The van der Waals surface area contributed by atoms with Crippen LogP contribution in [0, 0.1) is 17.8 Å². The molecule has 0 aromatic heterocycles. The van der Waals surface area contributed by atoms with E-state index in [1.165, 1.54) is 51.4 Å². The second-order valence-corrected chi connectivity index (χ2v) is 8.47. The van der Waals surface area contributed by atoms with E-state index >= 15 is 0 Å². The van der Waals surface area contributed by atoms with Crippen molar-refractivity contribution in [2.45, 2.75) is 83.7 Å². The first-order valence-electron chi connectivity index (χ1n) is 10.9. The van der Waals surface area contributed by atoms with E-state index < -0.39 is 6.11 Å². The molecule has 2 aliphatic carbocycles. The van der Waals surface area contributed by atoms with E-state index in [9.17, 15) is 8.78 Å². The Balaban J connectivity index is 1.47. The molecule has 1 fully saturated rings. The van der Waals surface area contributed by atoms with Gasteiger partial charge in [0.25, 0.3) is 0 Å². The Labute approximate surface area is 163 Å². The summed E-state index contributed by atoms with van der Waals surface area (Å²) in [5.41, 5.74) is 0.163. The summed E-state index contributed by atoms with van der Waals surface area (Å²) >= 11 is 0. The van der Waals surface area contributed by atoms with Crippen LogP contribution in [0.5, 0.6) is 5.75 Å². The molecule has 27 heavy (non-hydrogen) atoms. The van der Waals surface area contributed by atoms with Crippen LogP contribution in [0.3, 0.4) is 0 Å². The van der Waals surface area contributed by atoms with Crippen LogP contribution in [0.25, 0.3) is 0 Å². The van der Waals surface area contributed by atoms with Crippen molar-refractivity contribution in [2.75, 3.05) is 0 Å². The van der Waals surface area contributed by atoms with Crippen molar-refractivity contribution in [1.29, 1.82) is 0 Å². The van der Waals surface area contributed by atoms with E-state index in [0.717, 1.165) is 24.7 Å². The predicted molar refractivity (Wildman–Crippen MR) is 107 cm³/mol. The molecule has 1 unspecified atom stereocenters. The van der Waals surface area contributed by atoms with Gasteiger partial charge in [0, 0.05) is 5.57 Å². The highest BCUT2D eigenvalue weighted by Crippen LogP contribution is 2.43. The van der Waals surface area contributed by atoms with Crippen molar-refractivity contribution >= 4 is 0 Å². The summed E-state index contributed by atoms with van der Waals surface area (Å²) in [6.07, 6.45) is 11.4. The van der Waals surface area contributed by atoms with Crippen molar-refractivity contribution in [3.8, 4) is 5.75 Å². The number of unbranched alkanes of at least 4 members (excludes halogenated alkanes) is 2. The summed E-state index contributed by atoms with van der Waals surface area (Å²) in [6.45, 7) is 2.26. The summed E-state index contributed by atoms with van der Waals surface area (Å²) in [5.74, 6) is 2.45. The Morgan fingerprint density at radius 2 is 1.70 bits per heavy atom. The molecule has 0 heterocycles. The van der Waals surface area contributed by atoms with E-state index in [2.05, 4.69) is 6.92 Å². The normalized spacial score (nSPS) is 26.5. The molecule has 150 valence electrons. The Kier molecular flexibility index (Phi) is 7.32. The zero-order valence-electron chi connectivity index (χ0n) is 16.6. The van der Waals surface area contributed by atoms with Crippen LogP contribution in [-0.2, 0) is 0 Å². The fourth-order valence-electron chi connectivity index (χ4n) is 4.88. The first-order chi connectivity index (χ1) is 13.1. The number of alkyl halides is 2. The largest absolute Gasteiger partial charge is 0.429 e. The molecule has 3 heteroatoms. The number of ether oxygens (including phenoxy) is 1. The highest BCUT2D eigenvalue weighted by atomic mass is 19.3. The van der Waals surface area contributed by atoms with Gasteiger partial charge in [-0.2, -0.15) is 8.78 Å². The van der Waals surface area contributed by atoms with Crippen LogP contribution in [-0.4, -0.2) is 6.11 Å². The third kappa shape index (κ3) is 5.80. The van der Waals surface area contributed by atoms with Crippen LogP contribution in [0.15, 0.2) is 42.0 Å². The summed E-state index contributed by atoms with van der Waals surface area (Å²) < 4.78 is 33.9. The summed E-state index contributed by atoms with van der Waals surface area (Å²) in [6, 6.07) is 8.40. The standard InChI is InChI=1S/C24H34F2O/c1-2-3-5-8-19-11-13-20(14-12-19)21-15-17-22(18-16-21)24(25,26)27-23-9-6-4-7-10-23/h4,6-7,9-10,17,19-21H,2-3,5,8,11-16,18H2,1H3. The maximum Gasteiger partial charge on any atom is 0.422 e. The molecule has 0 bridgehead atoms. The molecular formula is C24H34F2O. The highest BCUT2D eigenvalue weighted by Gasteiger charge is 2.39. The topological polar surface area (TPSA) is 9.23 Å². The molecular weight excluding hydrogens is 342 g/mol. The molecule has 0 amide bonds. The molecule has 1 atom stereocenters. The van der Waals surface area contributed by atoms with Gasteiger partial charge in [-0.25, -0.2) is 0 Å². The molecule has 1 nitrogen and oxygen atoms in total. The minimum absolute atomic E-state index is 0.163. The average Bonchev–Trinajstić information content (AvgIpc) is 2.69. The van der Waals surface area contributed by atoms with Crippen molar-refractivity contribution in [2.24, 2.45) is 17.8 Å². The van der Waals surface area contributed by atoms with Crippen molar-refractivity contribution in [3.05, 3.63) is 42.0 Å². The molecule has 3 rings (SSSR count). The van der Waals surface area contributed by atoms with Gasteiger partial charge in [-0.1, -0.05) is 69.7 Å². The maximum absolute atomic E-state index is 14.5. The number of hydrogen-bond donors (Lipinski definition) is 0. The number of benzene rings is 1. The number of para-hydroxylation sites is 1. The molecule has 0 N–H and O–H groups in total. The van der Waals surface area contributed by atoms with Crippen LogP contribution in [0.2, 0.25) is 0 Å². The quantitative estimate of drug-likeness (QED) is 0.332.